The van der Waals surface area contributed by atoms with Crippen LogP contribution in [0.5, 0.6) is 0 Å². The van der Waals surface area contributed by atoms with Gasteiger partial charge in [-0.2, -0.15) is 5.10 Å². The zero-order chi connectivity index (χ0) is 9.59. The number of carboxylic acid groups (broad SMARTS) is 1. The summed E-state index contributed by atoms with van der Waals surface area (Å²) in [6.45, 7) is 2.09. The molecule has 1 aromatic heterocycles. The molecule has 0 saturated heterocycles. The Morgan fingerprint density at radius 1 is 1.69 bits per heavy atom. The summed E-state index contributed by atoms with van der Waals surface area (Å²) < 4.78 is 1.47. The molecule has 1 heterocycles. The van der Waals surface area contributed by atoms with E-state index < -0.39 is 5.97 Å². The van der Waals surface area contributed by atoms with E-state index >= 15 is 0 Å². The fourth-order valence-corrected chi connectivity index (χ4v) is 2.00. The third-order valence-corrected chi connectivity index (χ3v) is 2.67. The Morgan fingerprint density at radius 3 is 3.00 bits per heavy atom. The molecule has 1 aliphatic carbocycles. The van der Waals surface area contributed by atoms with Crippen molar-refractivity contribution in [1.29, 1.82) is 0 Å². The minimum absolute atomic E-state index is 0.361. The maximum absolute atomic E-state index is 10.9. The van der Waals surface area contributed by atoms with Crippen LogP contribution in [0.3, 0.4) is 0 Å². The number of aryl methyl sites for hydroxylation is 1. The maximum Gasteiger partial charge on any atom is 0.354 e. The normalized spacial score (nSPS) is 20.3. The molecule has 1 aromatic rings. The van der Waals surface area contributed by atoms with Crippen LogP contribution in [0.15, 0.2) is 0 Å². The Bertz CT molecular complexity index is 368. The summed E-state index contributed by atoms with van der Waals surface area (Å²) in [5, 5.41) is 13.2. The number of carbonyl (C=O) groups is 1. The molecule has 0 bridgehead atoms. The number of hydrogen-bond acceptors (Lipinski definition) is 2. The van der Waals surface area contributed by atoms with E-state index in [1.54, 1.807) is 7.05 Å². The largest absolute Gasteiger partial charge is 0.477 e. The molecule has 0 spiro atoms. The molecule has 2 rings (SSSR count). The summed E-state index contributed by atoms with van der Waals surface area (Å²) in [4.78, 5) is 10.9. The number of rotatable bonds is 1. The summed E-state index contributed by atoms with van der Waals surface area (Å²) in [7, 11) is 1.69. The van der Waals surface area contributed by atoms with E-state index in [1.807, 2.05) is 0 Å². The zero-order valence-corrected chi connectivity index (χ0v) is 7.74. The molecule has 4 heteroatoms. The molecule has 1 aliphatic rings. The molecule has 4 nitrogen and oxygen atoms in total. The van der Waals surface area contributed by atoms with E-state index in [1.165, 1.54) is 4.68 Å². The molecule has 13 heavy (non-hydrogen) atoms. The predicted molar refractivity (Wildman–Crippen MR) is 46.9 cm³/mol. The molecule has 0 radical (unpaired) electrons. The van der Waals surface area contributed by atoms with Gasteiger partial charge in [0.15, 0.2) is 0 Å². The van der Waals surface area contributed by atoms with Crippen LogP contribution in [0.1, 0.15) is 41.0 Å². The van der Waals surface area contributed by atoms with E-state index in [0.29, 0.717) is 11.6 Å². The first-order chi connectivity index (χ1) is 6.11. The number of hydrogen-bond donors (Lipinski definition) is 1. The third kappa shape index (κ3) is 1.05. The van der Waals surface area contributed by atoms with Crippen LogP contribution in [-0.2, 0) is 13.5 Å². The Kier molecular flexibility index (Phi) is 1.65. The Hall–Kier alpha value is -1.32. The smallest absolute Gasteiger partial charge is 0.354 e. The van der Waals surface area contributed by atoms with Gasteiger partial charge in [0.1, 0.15) is 5.69 Å². The van der Waals surface area contributed by atoms with Crippen molar-refractivity contribution in [3.8, 4) is 0 Å². The lowest BCUT2D eigenvalue weighted by molar-refractivity contribution is 0.0683. The first-order valence-corrected chi connectivity index (χ1v) is 4.40. The minimum atomic E-state index is -0.870. The highest BCUT2D eigenvalue weighted by atomic mass is 16.4. The van der Waals surface area contributed by atoms with Crippen LogP contribution < -0.4 is 0 Å². The molecule has 0 aliphatic heterocycles. The summed E-state index contributed by atoms with van der Waals surface area (Å²) in [6.07, 6.45) is 1.88. The minimum Gasteiger partial charge on any atom is -0.477 e. The molecule has 70 valence electrons. The number of fused-ring (bicyclic) bond motifs is 1. The van der Waals surface area contributed by atoms with Crippen molar-refractivity contribution in [2.45, 2.75) is 25.7 Å². The number of aromatic carboxylic acids is 1. The average molecular weight is 180 g/mol. The lowest BCUT2D eigenvalue weighted by Gasteiger charge is -1.99. The first kappa shape index (κ1) is 8.29. The van der Waals surface area contributed by atoms with Crippen molar-refractivity contribution in [2.24, 2.45) is 7.05 Å². The summed E-state index contributed by atoms with van der Waals surface area (Å²) in [5.41, 5.74) is 2.27. The highest BCUT2D eigenvalue weighted by Gasteiger charge is 2.29. The van der Waals surface area contributed by atoms with Gasteiger partial charge in [0, 0.05) is 18.5 Å². The summed E-state index contributed by atoms with van der Waals surface area (Å²) in [6, 6.07) is 0. The van der Waals surface area contributed by atoms with E-state index in [9.17, 15) is 4.79 Å². The quantitative estimate of drug-likeness (QED) is 0.705. The number of aromatic nitrogens is 2. The summed E-state index contributed by atoms with van der Waals surface area (Å²) in [5.74, 6) is -0.459. The topological polar surface area (TPSA) is 55.1 Å². The highest BCUT2D eigenvalue weighted by Crippen LogP contribution is 2.33. The van der Waals surface area contributed by atoms with Crippen molar-refractivity contribution in [2.75, 3.05) is 0 Å². The van der Waals surface area contributed by atoms with E-state index in [4.69, 9.17) is 5.11 Å². The van der Waals surface area contributed by atoms with Gasteiger partial charge in [0.05, 0.1) is 5.69 Å². The fourth-order valence-electron chi connectivity index (χ4n) is 2.00. The lowest BCUT2D eigenvalue weighted by atomic mass is 10.1. The van der Waals surface area contributed by atoms with Crippen molar-refractivity contribution in [3.63, 3.8) is 0 Å². The molecule has 1 unspecified atom stereocenters. The lowest BCUT2D eigenvalue weighted by Crippen LogP contribution is -2.08. The number of carboxylic acids is 1. The number of nitrogens with zero attached hydrogens (tertiary/aromatic N) is 2. The van der Waals surface area contributed by atoms with Gasteiger partial charge in [-0.1, -0.05) is 6.92 Å². The van der Waals surface area contributed by atoms with Gasteiger partial charge in [-0.25, -0.2) is 4.79 Å². The van der Waals surface area contributed by atoms with Crippen molar-refractivity contribution < 1.29 is 9.90 Å². The Balaban J connectivity index is 2.59. The van der Waals surface area contributed by atoms with Crippen molar-refractivity contribution in [1.82, 2.24) is 9.78 Å². The maximum atomic E-state index is 10.9. The predicted octanol–water partition coefficient (Wildman–Crippen LogP) is 1.17. The SMILES string of the molecule is CC1CCc2c1nn(C)c2C(=O)O. The van der Waals surface area contributed by atoms with E-state index in [-0.39, 0.29) is 0 Å². The van der Waals surface area contributed by atoms with Gasteiger partial charge in [-0.15, -0.1) is 0 Å². The van der Waals surface area contributed by atoms with Crippen molar-refractivity contribution in [3.05, 3.63) is 17.0 Å². The van der Waals surface area contributed by atoms with Gasteiger partial charge < -0.3 is 5.11 Å². The monoisotopic (exact) mass is 180 g/mol. The van der Waals surface area contributed by atoms with Crippen LogP contribution >= 0.6 is 0 Å². The van der Waals surface area contributed by atoms with Crippen LogP contribution in [0.2, 0.25) is 0 Å². The molecular weight excluding hydrogens is 168 g/mol. The second-order valence-electron chi connectivity index (χ2n) is 3.58. The molecule has 0 amide bonds. The van der Waals surface area contributed by atoms with Gasteiger partial charge in [-0.05, 0) is 12.8 Å². The standard InChI is InChI=1S/C9H12N2O2/c1-5-3-4-6-7(5)10-11(2)8(6)9(12)13/h5H,3-4H2,1-2H3,(H,12,13). The van der Waals surface area contributed by atoms with Crippen LogP contribution in [0, 0.1) is 0 Å². The highest BCUT2D eigenvalue weighted by molar-refractivity contribution is 5.88. The zero-order valence-electron chi connectivity index (χ0n) is 7.74. The first-order valence-electron chi connectivity index (χ1n) is 4.40. The van der Waals surface area contributed by atoms with Gasteiger partial charge >= 0.3 is 5.97 Å². The molecule has 0 fully saturated rings. The van der Waals surface area contributed by atoms with Gasteiger partial charge in [-0.3, -0.25) is 4.68 Å². The second kappa shape index (κ2) is 2.58. The Labute approximate surface area is 76.2 Å². The molecule has 1 atom stereocenters. The molecule has 1 N–H and O–H groups in total. The van der Waals surface area contributed by atoms with Gasteiger partial charge in [0.2, 0.25) is 0 Å². The average Bonchev–Trinajstić information content (AvgIpc) is 2.51. The van der Waals surface area contributed by atoms with Crippen LogP contribution in [-0.4, -0.2) is 20.9 Å². The molecular formula is C9H12N2O2. The molecule has 0 aromatic carbocycles. The fraction of sp³-hybridized carbons (Fsp3) is 0.556. The van der Waals surface area contributed by atoms with Gasteiger partial charge in [0.25, 0.3) is 0 Å². The third-order valence-electron chi connectivity index (χ3n) is 2.67. The van der Waals surface area contributed by atoms with Crippen LogP contribution in [0.25, 0.3) is 0 Å². The van der Waals surface area contributed by atoms with Crippen LogP contribution in [0.4, 0.5) is 0 Å². The summed E-state index contributed by atoms with van der Waals surface area (Å²) >= 11 is 0. The second-order valence-corrected chi connectivity index (χ2v) is 3.58. The molecule has 0 saturated carbocycles. The van der Waals surface area contributed by atoms with E-state index in [0.717, 1.165) is 24.1 Å². The van der Waals surface area contributed by atoms with Crippen molar-refractivity contribution >= 4 is 5.97 Å². The Morgan fingerprint density at radius 2 is 2.38 bits per heavy atom. The van der Waals surface area contributed by atoms with E-state index in [2.05, 4.69) is 12.0 Å².